The molecule has 1 aliphatic rings. The van der Waals surface area contributed by atoms with Gasteiger partial charge in [-0.15, -0.1) is 0 Å². The lowest BCUT2D eigenvalue weighted by Crippen LogP contribution is -2.44. The summed E-state index contributed by atoms with van der Waals surface area (Å²) < 4.78 is 1.87. The first-order chi connectivity index (χ1) is 10.2. The Kier molecular flexibility index (Phi) is 4.95. The first kappa shape index (κ1) is 17.0. The second kappa shape index (κ2) is 6.41. The van der Waals surface area contributed by atoms with E-state index in [9.17, 15) is 9.90 Å². The van der Waals surface area contributed by atoms with Gasteiger partial charge in [0.2, 0.25) is 5.91 Å². The highest BCUT2D eigenvalue weighted by molar-refractivity contribution is 5.78. The first-order valence-corrected chi connectivity index (χ1v) is 8.20. The molecule has 5 nitrogen and oxygen atoms in total. The van der Waals surface area contributed by atoms with Gasteiger partial charge >= 0.3 is 0 Å². The molecule has 1 N–H and O–H groups in total. The topological polar surface area (TPSA) is 58.4 Å². The molecule has 1 fully saturated rings. The molecule has 0 radical (unpaired) electrons. The summed E-state index contributed by atoms with van der Waals surface area (Å²) >= 11 is 0. The Balaban J connectivity index is 1.99. The monoisotopic (exact) mass is 307 g/mol. The molecular weight excluding hydrogens is 278 g/mol. The number of rotatable bonds is 5. The number of aryl methyl sites for hydroxylation is 2. The normalized spacial score (nSPS) is 18.5. The molecule has 1 unspecified atom stereocenters. The Hall–Kier alpha value is -1.36. The molecule has 0 aromatic carbocycles. The zero-order chi connectivity index (χ0) is 16.5. The highest BCUT2D eigenvalue weighted by Gasteiger charge is 2.34. The Morgan fingerprint density at radius 1 is 1.41 bits per heavy atom. The maximum Gasteiger partial charge on any atom is 0.225 e. The van der Waals surface area contributed by atoms with Gasteiger partial charge in [-0.05, 0) is 38.7 Å². The van der Waals surface area contributed by atoms with Crippen molar-refractivity contribution in [2.45, 2.75) is 58.5 Å². The van der Waals surface area contributed by atoms with Crippen LogP contribution in [-0.4, -0.2) is 44.9 Å². The molecule has 0 spiro atoms. The predicted octanol–water partition coefficient (Wildman–Crippen LogP) is 1.98. The zero-order valence-corrected chi connectivity index (χ0v) is 14.5. The summed E-state index contributed by atoms with van der Waals surface area (Å²) in [5.41, 5.74) is 2.60. The van der Waals surface area contributed by atoms with Crippen LogP contribution in [-0.2, 0) is 18.3 Å². The third-order valence-corrected chi connectivity index (χ3v) is 5.03. The number of hydrogen-bond acceptors (Lipinski definition) is 3. The molecule has 5 heteroatoms. The molecule has 1 heterocycles. The minimum absolute atomic E-state index is 0.1000. The standard InChI is InChI=1S/C17H29N3O2/c1-12(10-15-13(2)18-20(5)14(15)3)16(21)19(4)11-17(22)8-6-7-9-17/h12,22H,6-11H2,1-5H3. The van der Waals surface area contributed by atoms with E-state index in [4.69, 9.17) is 0 Å². The molecule has 1 aliphatic carbocycles. The number of hydrogen-bond donors (Lipinski definition) is 1. The van der Waals surface area contributed by atoms with E-state index in [-0.39, 0.29) is 11.8 Å². The molecule has 1 saturated carbocycles. The molecular formula is C17H29N3O2. The molecule has 0 aliphatic heterocycles. The zero-order valence-electron chi connectivity index (χ0n) is 14.5. The van der Waals surface area contributed by atoms with E-state index in [2.05, 4.69) is 5.10 Å². The molecule has 2 rings (SSSR count). The second-order valence-corrected chi connectivity index (χ2v) is 7.00. The summed E-state index contributed by atoms with van der Waals surface area (Å²) in [6.07, 6.45) is 4.43. The fourth-order valence-corrected chi connectivity index (χ4v) is 3.59. The molecule has 1 amide bonds. The average molecular weight is 307 g/mol. The minimum Gasteiger partial charge on any atom is -0.388 e. The van der Waals surface area contributed by atoms with Crippen molar-refractivity contribution in [2.75, 3.05) is 13.6 Å². The smallest absolute Gasteiger partial charge is 0.225 e. The van der Waals surface area contributed by atoms with Crippen LogP contribution in [0.1, 0.15) is 49.6 Å². The Labute approximate surface area is 133 Å². The van der Waals surface area contributed by atoms with Gasteiger partial charge in [-0.1, -0.05) is 19.8 Å². The van der Waals surface area contributed by atoms with E-state index in [1.807, 2.05) is 32.5 Å². The van der Waals surface area contributed by atoms with Crippen LogP contribution >= 0.6 is 0 Å². The minimum atomic E-state index is -0.676. The SMILES string of the molecule is Cc1nn(C)c(C)c1CC(C)C(=O)N(C)CC1(O)CCCC1. The summed E-state index contributed by atoms with van der Waals surface area (Å²) in [5.74, 6) is -0.000388. The predicted molar refractivity (Wildman–Crippen MR) is 86.6 cm³/mol. The van der Waals surface area contributed by atoms with E-state index in [0.717, 1.165) is 42.6 Å². The number of likely N-dealkylation sites (N-methyl/N-ethyl adjacent to an activating group) is 1. The first-order valence-electron chi connectivity index (χ1n) is 8.20. The van der Waals surface area contributed by atoms with Crippen LogP contribution in [0.5, 0.6) is 0 Å². The number of aromatic nitrogens is 2. The Bertz CT molecular complexity index is 544. The van der Waals surface area contributed by atoms with Gasteiger partial charge in [-0.25, -0.2) is 0 Å². The van der Waals surface area contributed by atoms with E-state index in [0.29, 0.717) is 13.0 Å². The molecule has 1 atom stereocenters. The largest absolute Gasteiger partial charge is 0.388 e. The fraction of sp³-hybridized carbons (Fsp3) is 0.765. The van der Waals surface area contributed by atoms with Gasteiger partial charge in [0, 0.05) is 32.3 Å². The van der Waals surface area contributed by atoms with Crippen LogP contribution in [0.25, 0.3) is 0 Å². The number of nitrogens with zero attached hydrogens (tertiary/aromatic N) is 3. The number of carbonyl (C=O) groups excluding carboxylic acids is 1. The summed E-state index contributed by atoms with van der Waals surface area (Å²) in [6, 6.07) is 0. The quantitative estimate of drug-likeness (QED) is 0.905. The molecule has 0 saturated heterocycles. The van der Waals surface area contributed by atoms with E-state index >= 15 is 0 Å². The van der Waals surface area contributed by atoms with Crippen molar-refractivity contribution in [3.63, 3.8) is 0 Å². The van der Waals surface area contributed by atoms with Crippen LogP contribution in [0.2, 0.25) is 0 Å². The van der Waals surface area contributed by atoms with Crippen molar-refractivity contribution in [2.24, 2.45) is 13.0 Å². The van der Waals surface area contributed by atoms with Crippen molar-refractivity contribution in [3.8, 4) is 0 Å². The van der Waals surface area contributed by atoms with E-state index in [1.54, 1.807) is 11.9 Å². The maximum atomic E-state index is 12.6. The highest BCUT2D eigenvalue weighted by Crippen LogP contribution is 2.30. The van der Waals surface area contributed by atoms with Crippen molar-refractivity contribution >= 4 is 5.91 Å². The van der Waals surface area contributed by atoms with E-state index < -0.39 is 5.60 Å². The lowest BCUT2D eigenvalue weighted by Gasteiger charge is -2.30. The van der Waals surface area contributed by atoms with Crippen LogP contribution < -0.4 is 0 Å². The van der Waals surface area contributed by atoms with Gasteiger partial charge in [-0.2, -0.15) is 5.10 Å². The fourth-order valence-electron chi connectivity index (χ4n) is 3.59. The van der Waals surface area contributed by atoms with Crippen LogP contribution in [0.4, 0.5) is 0 Å². The highest BCUT2D eigenvalue weighted by atomic mass is 16.3. The summed E-state index contributed by atoms with van der Waals surface area (Å²) in [5, 5.41) is 14.9. The van der Waals surface area contributed by atoms with Crippen molar-refractivity contribution in [1.29, 1.82) is 0 Å². The summed E-state index contributed by atoms with van der Waals surface area (Å²) in [7, 11) is 3.73. The van der Waals surface area contributed by atoms with Crippen LogP contribution in [0, 0.1) is 19.8 Å². The van der Waals surface area contributed by atoms with Gasteiger partial charge in [0.05, 0.1) is 11.3 Å². The lowest BCUT2D eigenvalue weighted by atomic mass is 9.97. The molecule has 1 aromatic rings. The molecule has 124 valence electrons. The van der Waals surface area contributed by atoms with Crippen LogP contribution in [0.15, 0.2) is 0 Å². The second-order valence-electron chi connectivity index (χ2n) is 7.00. The summed E-state index contributed by atoms with van der Waals surface area (Å²) in [4.78, 5) is 14.3. The Morgan fingerprint density at radius 2 is 2.00 bits per heavy atom. The van der Waals surface area contributed by atoms with Gasteiger partial charge < -0.3 is 10.0 Å². The average Bonchev–Trinajstić information content (AvgIpc) is 2.97. The molecule has 1 aromatic heterocycles. The number of carbonyl (C=O) groups is 1. The Morgan fingerprint density at radius 3 is 2.50 bits per heavy atom. The van der Waals surface area contributed by atoms with Crippen molar-refractivity contribution in [3.05, 3.63) is 17.0 Å². The lowest BCUT2D eigenvalue weighted by molar-refractivity contribution is -0.136. The van der Waals surface area contributed by atoms with Gasteiger partial charge in [0.1, 0.15) is 0 Å². The number of aliphatic hydroxyl groups is 1. The molecule has 0 bridgehead atoms. The van der Waals surface area contributed by atoms with Crippen molar-refractivity contribution in [1.82, 2.24) is 14.7 Å². The maximum absolute atomic E-state index is 12.6. The van der Waals surface area contributed by atoms with Gasteiger partial charge in [-0.3, -0.25) is 9.48 Å². The number of amides is 1. The van der Waals surface area contributed by atoms with Gasteiger partial charge in [0.15, 0.2) is 0 Å². The van der Waals surface area contributed by atoms with Crippen molar-refractivity contribution < 1.29 is 9.90 Å². The van der Waals surface area contributed by atoms with Gasteiger partial charge in [0.25, 0.3) is 0 Å². The van der Waals surface area contributed by atoms with Crippen LogP contribution in [0.3, 0.4) is 0 Å². The molecule has 22 heavy (non-hydrogen) atoms. The van der Waals surface area contributed by atoms with E-state index in [1.165, 1.54) is 0 Å². The summed E-state index contributed by atoms with van der Waals surface area (Å²) in [6.45, 7) is 6.44. The third-order valence-electron chi connectivity index (χ3n) is 5.03. The third kappa shape index (κ3) is 3.51.